The Morgan fingerprint density at radius 1 is 1.67 bits per heavy atom. The lowest BCUT2D eigenvalue weighted by Crippen LogP contribution is -2.31. The van der Waals surface area contributed by atoms with Crippen LogP contribution >= 0.6 is 12.6 Å². The Morgan fingerprint density at radius 3 is 2.00 bits per heavy atom. The van der Waals surface area contributed by atoms with E-state index in [0.29, 0.717) is 0 Å². The number of carboxylic acid groups (broad SMARTS) is 1. The van der Waals surface area contributed by atoms with Crippen LogP contribution in [-0.2, 0) is 4.79 Å². The van der Waals surface area contributed by atoms with Crippen molar-refractivity contribution in [2.24, 2.45) is 5.73 Å². The maximum Gasteiger partial charge on any atom is 0.321 e. The Hall–Kier alpha value is -0.300. The molecule has 1 unspecified atom stereocenters. The van der Waals surface area contributed by atoms with Crippen LogP contribution in [0.3, 0.4) is 0 Å². The molecule has 5 nitrogen and oxygen atoms in total. The number of thiol groups is 1. The van der Waals surface area contributed by atoms with Gasteiger partial charge in [0.25, 0.3) is 0 Å². The molecule has 0 radical (unpaired) electrons. The second kappa shape index (κ2) is 7.70. The summed E-state index contributed by atoms with van der Waals surface area (Å²) in [7, 11) is 0. The summed E-state index contributed by atoms with van der Waals surface area (Å²) in [6.45, 7) is 0. The zero-order valence-corrected chi connectivity index (χ0v) is 5.56. The van der Waals surface area contributed by atoms with Gasteiger partial charge in [-0.3, -0.25) is 4.79 Å². The van der Waals surface area contributed by atoms with Crippen molar-refractivity contribution in [3.05, 3.63) is 0 Å². The summed E-state index contributed by atoms with van der Waals surface area (Å²) in [6.07, 6.45) is 0. The van der Waals surface area contributed by atoms with Crippen molar-refractivity contribution < 1.29 is 20.9 Å². The first kappa shape index (κ1) is 15.9. The molecule has 0 aliphatic carbocycles. The molecule has 6 heteroatoms. The van der Waals surface area contributed by atoms with Crippen LogP contribution in [0.5, 0.6) is 0 Å². The molecule has 0 rings (SSSR count). The molecule has 0 spiro atoms. The Balaban J connectivity index is -0.000000180. The van der Waals surface area contributed by atoms with Crippen LogP contribution in [0.1, 0.15) is 0 Å². The molecule has 0 aromatic rings. The third kappa shape index (κ3) is 7.70. The molecule has 7 N–H and O–H groups in total. The van der Waals surface area contributed by atoms with E-state index in [1.54, 1.807) is 0 Å². The van der Waals surface area contributed by atoms with Crippen LogP contribution in [0.4, 0.5) is 0 Å². The SMILES string of the molecule is NC(CS)C(=O)O.O.O. The standard InChI is InChI=1S/C3H7NO2S.2H2O/c4-2(1-7)3(5)6;;/h2,7H,1,4H2,(H,5,6);2*1H2. The molecule has 0 amide bonds. The van der Waals surface area contributed by atoms with E-state index in [1.807, 2.05) is 0 Å². The molecule has 0 aliphatic heterocycles. The van der Waals surface area contributed by atoms with Gasteiger partial charge in [0.05, 0.1) is 0 Å². The van der Waals surface area contributed by atoms with Gasteiger partial charge in [0.1, 0.15) is 6.04 Å². The number of carbonyl (C=O) groups is 1. The van der Waals surface area contributed by atoms with Crippen molar-refractivity contribution in [3.63, 3.8) is 0 Å². The maximum atomic E-state index is 9.76. The second-order valence-electron chi connectivity index (χ2n) is 1.13. The van der Waals surface area contributed by atoms with Crippen LogP contribution in [0.2, 0.25) is 0 Å². The topological polar surface area (TPSA) is 126 Å². The maximum absolute atomic E-state index is 9.76. The molecule has 1 atom stereocenters. The number of nitrogens with two attached hydrogens (primary N) is 1. The van der Waals surface area contributed by atoms with Gasteiger partial charge in [-0.1, -0.05) is 0 Å². The lowest BCUT2D eigenvalue weighted by atomic mass is 10.4. The van der Waals surface area contributed by atoms with Gasteiger partial charge in [0.2, 0.25) is 0 Å². The smallest absolute Gasteiger partial charge is 0.321 e. The first-order valence-corrected chi connectivity index (χ1v) is 2.41. The van der Waals surface area contributed by atoms with E-state index >= 15 is 0 Å². The number of hydrogen-bond acceptors (Lipinski definition) is 3. The number of carboxylic acids is 1. The summed E-state index contributed by atoms with van der Waals surface area (Å²) in [5.41, 5.74) is 4.94. The highest BCUT2D eigenvalue weighted by Gasteiger charge is 2.06. The van der Waals surface area contributed by atoms with Crippen molar-refractivity contribution in [2.75, 3.05) is 5.75 Å². The molecule has 0 aliphatic rings. The van der Waals surface area contributed by atoms with Gasteiger partial charge in [-0.25, -0.2) is 0 Å². The minimum Gasteiger partial charge on any atom is -0.480 e. The van der Waals surface area contributed by atoms with E-state index < -0.39 is 12.0 Å². The highest BCUT2D eigenvalue weighted by Crippen LogP contribution is 1.80. The molecular formula is C3H11NO4S. The first-order chi connectivity index (χ1) is 3.18. The Bertz CT molecular complexity index is 78.2. The molecule has 0 saturated heterocycles. The van der Waals surface area contributed by atoms with Crippen molar-refractivity contribution in [3.8, 4) is 0 Å². The van der Waals surface area contributed by atoms with E-state index in [0.717, 1.165) is 0 Å². The summed E-state index contributed by atoms with van der Waals surface area (Å²) in [5.74, 6) is -0.815. The highest BCUT2D eigenvalue weighted by molar-refractivity contribution is 7.80. The average molecular weight is 157 g/mol. The fourth-order valence-electron chi connectivity index (χ4n) is 0.0781. The van der Waals surface area contributed by atoms with Gasteiger partial charge in [0, 0.05) is 5.75 Å². The molecule has 0 aromatic carbocycles. The summed E-state index contributed by atoms with van der Waals surface area (Å²) in [6, 6.07) is -0.816. The van der Waals surface area contributed by atoms with Gasteiger partial charge in [-0.15, -0.1) is 0 Å². The van der Waals surface area contributed by atoms with Crippen LogP contribution < -0.4 is 5.73 Å². The number of rotatable bonds is 2. The van der Waals surface area contributed by atoms with Crippen molar-refractivity contribution in [1.29, 1.82) is 0 Å². The normalized spacial score (nSPS) is 10.4. The van der Waals surface area contributed by atoms with Crippen LogP contribution in [0.25, 0.3) is 0 Å². The molecule has 58 valence electrons. The van der Waals surface area contributed by atoms with Gasteiger partial charge < -0.3 is 21.8 Å². The predicted octanol–water partition coefficient (Wildman–Crippen LogP) is -2.32. The van der Waals surface area contributed by atoms with Crippen molar-refractivity contribution in [2.45, 2.75) is 6.04 Å². The highest BCUT2D eigenvalue weighted by atomic mass is 32.1. The van der Waals surface area contributed by atoms with Crippen molar-refractivity contribution in [1.82, 2.24) is 0 Å². The van der Waals surface area contributed by atoms with E-state index in [1.165, 1.54) is 0 Å². The molecular weight excluding hydrogens is 146 g/mol. The van der Waals surface area contributed by atoms with Crippen LogP contribution in [-0.4, -0.2) is 33.8 Å². The molecule has 0 saturated carbocycles. The molecule has 0 bridgehead atoms. The Morgan fingerprint density at radius 2 is 2.00 bits per heavy atom. The minimum absolute atomic E-state index is 0. The Kier molecular flexibility index (Phi) is 13.6. The minimum atomic E-state index is -1.00. The van der Waals surface area contributed by atoms with Gasteiger partial charge in [0.15, 0.2) is 0 Å². The van der Waals surface area contributed by atoms with Gasteiger partial charge in [-0.05, 0) is 0 Å². The second-order valence-corrected chi connectivity index (χ2v) is 1.49. The predicted molar refractivity (Wildman–Crippen MR) is 36.7 cm³/mol. The summed E-state index contributed by atoms with van der Waals surface area (Å²) in [5, 5.41) is 8.01. The zero-order chi connectivity index (χ0) is 5.86. The van der Waals surface area contributed by atoms with E-state index in [9.17, 15) is 4.79 Å². The van der Waals surface area contributed by atoms with Crippen LogP contribution in [0.15, 0.2) is 0 Å². The lowest BCUT2D eigenvalue weighted by molar-refractivity contribution is -0.137. The summed E-state index contributed by atoms with van der Waals surface area (Å²) < 4.78 is 0. The molecule has 0 fully saturated rings. The van der Waals surface area contributed by atoms with Crippen molar-refractivity contribution >= 4 is 18.6 Å². The first-order valence-electron chi connectivity index (χ1n) is 1.77. The monoisotopic (exact) mass is 157 g/mol. The largest absolute Gasteiger partial charge is 0.480 e. The molecule has 0 heterocycles. The van der Waals surface area contributed by atoms with E-state index in [4.69, 9.17) is 10.8 Å². The number of aliphatic carboxylic acids is 1. The number of hydrogen-bond donors (Lipinski definition) is 3. The third-order valence-corrected chi connectivity index (χ3v) is 0.907. The van der Waals surface area contributed by atoms with Crippen LogP contribution in [0, 0.1) is 0 Å². The molecule has 9 heavy (non-hydrogen) atoms. The zero-order valence-electron chi connectivity index (χ0n) is 4.66. The lowest BCUT2D eigenvalue weighted by Gasteiger charge is -1.96. The van der Waals surface area contributed by atoms with Gasteiger partial charge in [-0.2, -0.15) is 12.6 Å². The average Bonchev–Trinajstić information content (AvgIpc) is 1.65. The Labute approximate surface area is 57.9 Å². The third-order valence-electron chi connectivity index (χ3n) is 0.514. The summed E-state index contributed by atoms with van der Waals surface area (Å²) in [4.78, 5) is 9.76. The fraction of sp³-hybridized carbons (Fsp3) is 0.667. The molecule has 0 aromatic heterocycles. The van der Waals surface area contributed by atoms with E-state index in [2.05, 4.69) is 12.6 Å². The quantitative estimate of drug-likeness (QED) is 0.389. The van der Waals surface area contributed by atoms with Gasteiger partial charge >= 0.3 is 5.97 Å². The van der Waals surface area contributed by atoms with E-state index in [-0.39, 0.29) is 16.7 Å². The summed E-state index contributed by atoms with van der Waals surface area (Å²) >= 11 is 3.65. The fourth-order valence-corrected chi connectivity index (χ4v) is 0.234.